The number of nitrogens with one attached hydrogen (secondary N) is 2. The fraction of sp³-hybridized carbons (Fsp3) is 0.440. The Balaban J connectivity index is 1.50. The summed E-state index contributed by atoms with van der Waals surface area (Å²) in [5, 5.41) is 11.3. The fourth-order valence-corrected chi connectivity index (χ4v) is 3.97. The maximum absolute atomic E-state index is 10.4. The van der Waals surface area contributed by atoms with Crippen LogP contribution in [0.3, 0.4) is 0 Å². The minimum Gasteiger partial charge on any atom is -0.494 e. The predicted octanol–water partition coefficient (Wildman–Crippen LogP) is 2.60. The van der Waals surface area contributed by atoms with Crippen LogP contribution in [0.15, 0.2) is 36.4 Å². The van der Waals surface area contributed by atoms with Crippen LogP contribution >= 0.6 is 0 Å². The van der Waals surface area contributed by atoms with E-state index in [1.54, 1.807) is 7.11 Å². The van der Waals surface area contributed by atoms with E-state index in [4.69, 9.17) is 18.9 Å². The molecule has 1 aliphatic rings. The summed E-state index contributed by atoms with van der Waals surface area (Å²) in [5.41, 5.74) is 3.73. The number of H-pyrrole nitrogens is 1. The van der Waals surface area contributed by atoms with E-state index in [2.05, 4.69) is 26.5 Å². The third-order valence-electron chi connectivity index (χ3n) is 5.68. The topological polar surface area (TPSA) is 97.9 Å². The van der Waals surface area contributed by atoms with Crippen LogP contribution in [0.4, 0.5) is 0 Å². The third-order valence-corrected chi connectivity index (χ3v) is 5.68. The van der Waals surface area contributed by atoms with E-state index < -0.39 is 0 Å². The number of aromatic amines is 1. The van der Waals surface area contributed by atoms with E-state index in [0.29, 0.717) is 32.8 Å². The molecule has 1 amide bonds. The van der Waals surface area contributed by atoms with Crippen molar-refractivity contribution in [1.29, 1.82) is 0 Å². The van der Waals surface area contributed by atoms with Gasteiger partial charge in [-0.05, 0) is 48.4 Å². The Labute approximate surface area is 199 Å². The summed E-state index contributed by atoms with van der Waals surface area (Å²) in [4.78, 5) is 12.7. The average molecular weight is 469 g/mol. The van der Waals surface area contributed by atoms with Gasteiger partial charge >= 0.3 is 0 Å². The molecule has 2 N–H and O–H groups in total. The van der Waals surface area contributed by atoms with E-state index in [-0.39, 0.29) is 0 Å². The molecule has 1 aliphatic heterocycles. The van der Waals surface area contributed by atoms with Crippen molar-refractivity contribution in [3.8, 4) is 22.8 Å². The highest BCUT2D eigenvalue weighted by Gasteiger charge is 2.14. The zero-order chi connectivity index (χ0) is 23.6. The molecule has 4 rings (SSSR count). The molecule has 9 nitrogen and oxygen atoms in total. The molecule has 0 spiro atoms. The van der Waals surface area contributed by atoms with E-state index >= 15 is 0 Å². The van der Waals surface area contributed by atoms with Crippen molar-refractivity contribution in [2.45, 2.75) is 13.0 Å². The number of fused-ring (bicyclic) bond motifs is 1. The Kier molecular flexibility index (Phi) is 8.72. The molecule has 0 bridgehead atoms. The molecule has 3 aromatic rings. The van der Waals surface area contributed by atoms with Crippen molar-refractivity contribution in [3.63, 3.8) is 0 Å². The van der Waals surface area contributed by atoms with Gasteiger partial charge in [0.1, 0.15) is 23.8 Å². The van der Waals surface area contributed by atoms with Crippen LogP contribution < -0.4 is 14.8 Å². The first-order valence-corrected chi connectivity index (χ1v) is 11.6. The normalized spacial score (nSPS) is 14.3. The summed E-state index contributed by atoms with van der Waals surface area (Å²) in [6.07, 6.45) is 1.43. The number of hydrogen-bond donors (Lipinski definition) is 2. The monoisotopic (exact) mass is 468 g/mol. The number of hydrogen-bond acceptors (Lipinski definition) is 7. The zero-order valence-electron chi connectivity index (χ0n) is 19.5. The maximum atomic E-state index is 10.4. The van der Waals surface area contributed by atoms with Crippen molar-refractivity contribution in [2.75, 3.05) is 59.7 Å². The van der Waals surface area contributed by atoms with Gasteiger partial charge in [0.2, 0.25) is 6.41 Å². The van der Waals surface area contributed by atoms with Crippen LogP contribution in [-0.2, 0) is 20.9 Å². The summed E-state index contributed by atoms with van der Waals surface area (Å²) >= 11 is 0. The van der Waals surface area contributed by atoms with Gasteiger partial charge in [0.25, 0.3) is 0 Å². The number of rotatable bonds is 13. The summed E-state index contributed by atoms with van der Waals surface area (Å²) in [6, 6.07) is 12.0. The first kappa shape index (κ1) is 24.0. The van der Waals surface area contributed by atoms with Gasteiger partial charge in [0, 0.05) is 44.2 Å². The van der Waals surface area contributed by atoms with Crippen LogP contribution in [0.5, 0.6) is 11.5 Å². The number of amides is 1. The molecular weight excluding hydrogens is 436 g/mol. The Bertz CT molecular complexity index is 1060. The largest absolute Gasteiger partial charge is 0.494 e. The van der Waals surface area contributed by atoms with E-state index in [0.717, 1.165) is 78.5 Å². The predicted molar refractivity (Wildman–Crippen MR) is 129 cm³/mol. The standard InChI is InChI=1S/C25H32N4O5/c1-31-17-19-13-20(15-22(14-19)34-12-8-29-6-10-32-11-7-29)25-23-16-21(3-4-24(23)27-28-25)33-9-2-5-26-18-30/h3-4,13-16,18H,2,5-12,17H2,1H3,(H,26,30)(H,27,28). The lowest BCUT2D eigenvalue weighted by molar-refractivity contribution is -0.109. The summed E-state index contributed by atoms with van der Waals surface area (Å²) < 4.78 is 22.8. The second kappa shape index (κ2) is 12.4. The Morgan fingerprint density at radius 2 is 1.97 bits per heavy atom. The van der Waals surface area contributed by atoms with Gasteiger partial charge in [0.15, 0.2) is 0 Å². The van der Waals surface area contributed by atoms with Crippen molar-refractivity contribution < 1.29 is 23.7 Å². The number of carbonyl (C=O) groups excluding carboxylic acids is 1. The van der Waals surface area contributed by atoms with E-state index in [9.17, 15) is 4.79 Å². The minimum atomic E-state index is 0.485. The molecule has 182 valence electrons. The number of methoxy groups -OCH3 is 1. The van der Waals surface area contributed by atoms with Gasteiger partial charge in [0.05, 0.1) is 31.9 Å². The van der Waals surface area contributed by atoms with Crippen LogP contribution in [0, 0.1) is 0 Å². The molecule has 0 radical (unpaired) electrons. The molecule has 0 unspecified atom stereocenters. The van der Waals surface area contributed by atoms with Crippen LogP contribution in [-0.4, -0.2) is 81.2 Å². The highest BCUT2D eigenvalue weighted by molar-refractivity contribution is 5.94. The number of nitrogens with zero attached hydrogens (tertiary/aromatic N) is 2. The van der Waals surface area contributed by atoms with Gasteiger partial charge in [-0.15, -0.1) is 0 Å². The van der Waals surface area contributed by atoms with Gasteiger partial charge in [-0.1, -0.05) is 0 Å². The lowest BCUT2D eigenvalue weighted by Crippen LogP contribution is -2.38. The quantitative estimate of drug-likeness (QED) is 0.294. The molecule has 34 heavy (non-hydrogen) atoms. The summed E-state index contributed by atoms with van der Waals surface area (Å²) in [7, 11) is 1.68. The SMILES string of the molecule is COCc1cc(OCCN2CCOCC2)cc(-c2n[nH]c3ccc(OCCCNC=O)cc23)c1. The first-order chi connectivity index (χ1) is 16.8. The second-order valence-corrected chi connectivity index (χ2v) is 8.15. The number of aromatic nitrogens is 2. The Morgan fingerprint density at radius 3 is 2.79 bits per heavy atom. The fourth-order valence-electron chi connectivity index (χ4n) is 3.97. The number of carbonyl (C=O) groups is 1. The molecule has 9 heteroatoms. The molecule has 1 aromatic heterocycles. The smallest absolute Gasteiger partial charge is 0.207 e. The molecular formula is C25H32N4O5. The number of morpholine rings is 1. The van der Waals surface area contributed by atoms with E-state index in [1.165, 1.54) is 0 Å². The van der Waals surface area contributed by atoms with Crippen LogP contribution in [0.2, 0.25) is 0 Å². The number of ether oxygens (including phenoxy) is 4. The second-order valence-electron chi connectivity index (χ2n) is 8.15. The molecule has 1 saturated heterocycles. The molecule has 1 fully saturated rings. The van der Waals surface area contributed by atoms with Gasteiger partial charge in [-0.25, -0.2) is 0 Å². The maximum Gasteiger partial charge on any atom is 0.207 e. The first-order valence-electron chi connectivity index (χ1n) is 11.6. The van der Waals surface area contributed by atoms with Crippen LogP contribution in [0.25, 0.3) is 22.2 Å². The lowest BCUT2D eigenvalue weighted by atomic mass is 10.0. The van der Waals surface area contributed by atoms with Gasteiger partial charge in [-0.3, -0.25) is 14.8 Å². The third kappa shape index (κ3) is 6.47. The molecule has 0 saturated carbocycles. The Hall–Kier alpha value is -3.14. The van der Waals surface area contributed by atoms with Gasteiger partial charge in [-0.2, -0.15) is 5.10 Å². The minimum absolute atomic E-state index is 0.485. The zero-order valence-corrected chi connectivity index (χ0v) is 19.5. The molecule has 2 heterocycles. The van der Waals surface area contributed by atoms with Crippen molar-refractivity contribution in [2.24, 2.45) is 0 Å². The van der Waals surface area contributed by atoms with Crippen molar-refractivity contribution >= 4 is 17.3 Å². The summed E-state index contributed by atoms with van der Waals surface area (Å²) in [6.45, 7) is 6.50. The highest BCUT2D eigenvalue weighted by atomic mass is 16.5. The molecule has 0 aliphatic carbocycles. The number of benzene rings is 2. The average Bonchev–Trinajstić information content (AvgIpc) is 3.28. The summed E-state index contributed by atoms with van der Waals surface area (Å²) in [5.74, 6) is 1.56. The van der Waals surface area contributed by atoms with Crippen molar-refractivity contribution in [1.82, 2.24) is 20.4 Å². The highest BCUT2D eigenvalue weighted by Crippen LogP contribution is 2.32. The van der Waals surface area contributed by atoms with Crippen molar-refractivity contribution in [3.05, 3.63) is 42.0 Å². The molecule has 2 aromatic carbocycles. The van der Waals surface area contributed by atoms with Crippen LogP contribution in [0.1, 0.15) is 12.0 Å². The lowest BCUT2D eigenvalue weighted by Gasteiger charge is -2.26. The molecule has 0 atom stereocenters. The van der Waals surface area contributed by atoms with Gasteiger partial charge < -0.3 is 24.3 Å². The van der Waals surface area contributed by atoms with E-state index in [1.807, 2.05) is 30.3 Å². The Morgan fingerprint density at radius 1 is 1.12 bits per heavy atom.